The van der Waals surface area contributed by atoms with Gasteiger partial charge < -0.3 is 10.1 Å². The van der Waals surface area contributed by atoms with Gasteiger partial charge in [-0.25, -0.2) is 0 Å². The predicted octanol–water partition coefficient (Wildman–Crippen LogP) is 2.25. The lowest BCUT2D eigenvalue weighted by Gasteiger charge is -2.28. The zero-order valence-electron chi connectivity index (χ0n) is 16.6. The number of carbonyl (C=O) groups excluding carboxylic acids is 4. The first-order chi connectivity index (χ1) is 14.2. The van der Waals surface area contributed by atoms with Crippen molar-refractivity contribution in [3.63, 3.8) is 0 Å². The van der Waals surface area contributed by atoms with Gasteiger partial charge in [-0.2, -0.15) is 0 Å². The van der Waals surface area contributed by atoms with Crippen molar-refractivity contribution in [1.82, 2.24) is 4.90 Å². The van der Waals surface area contributed by atoms with Gasteiger partial charge in [0.05, 0.1) is 22.6 Å². The maximum atomic E-state index is 12.7. The third-order valence-electron chi connectivity index (χ3n) is 6.39. The summed E-state index contributed by atoms with van der Waals surface area (Å²) >= 11 is 12.6. The summed E-state index contributed by atoms with van der Waals surface area (Å²) in [6, 6.07) is 5.56. The molecule has 1 aliphatic heterocycles. The fourth-order valence-corrected chi connectivity index (χ4v) is 5.92. The molecular weight excluding hydrogens is 431 g/mol. The molecule has 2 aliphatic carbocycles. The molecule has 0 aromatic heterocycles. The lowest BCUT2D eigenvalue weighted by Crippen LogP contribution is -2.38. The van der Waals surface area contributed by atoms with Crippen LogP contribution in [0.25, 0.3) is 0 Å². The lowest BCUT2D eigenvalue weighted by molar-refractivity contribution is -0.154. The standard InChI is InChI=1S/C21H22Cl2N2O5/c1-9-3-4-13(10(2)5-9)24-14(26)8-30-15(27)7-25-20(28)16-11-6-12(17(16)21(25)29)19(23)18(11)22/h3-5,11-12,16-19H,6-8H2,1-2H3,(H,24,26)/t11-,12-,16-,17-,18+,19+/m1/s1. The van der Waals surface area contributed by atoms with E-state index in [9.17, 15) is 19.2 Å². The lowest BCUT2D eigenvalue weighted by atomic mass is 9.80. The van der Waals surface area contributed by atoms with E-state index in [1.165, 1.54) is 0 Å². The Hall–Kier alpha value is -2.12. The number of benzene rings is 1. The number of ether oxygens (including phenoxy) is 1. The van der Waals surface area contributed by atoms with Gasteiger partial charge in [-0.05, 0) is 43.7 Å². The number of aryl methyl sites for hydroxylation is 2. The predicted molar refractivity (Wildman–Crippen MR) is 110 cm³/mol. The number of imide groups is 1. The normalized spacial score (nSPS) is 31.8. The maximum absolute atomic E-state index is 12.7. The summed E-state index contributed by atoms with van der Waals surface area (Å²) in [6.07, 6.45) is 0.659. The van der Waals surface area contributed by atoms with Crippen LogP contribution in [0, 0.1) is 37.5 Å². The highest BCUT2D eigenvalue weighted by atomic mass is 35.5. The number of amides is 3. The van der Waals surface area contributed by atoms with Gasteiger partial charge in [-0.15, -0.1) is 23.2 Å². The van der Waals surface area contributed by atoms with E-state index >= 15 is 0 Å². The number of hydrogen-bond acceptors (Lipinski definition) is 5. The first-order valence-corrected chi connectivity index (χ1v) is 10.7. The molecule has 7 nitrogen and oxygen atoms in total. The van der Waals surface area contributed by atoms with Crippen LogP contribution in [0.2, 0.25) is 0 Å². The third kappa shape index (κ3) is 3.48. The minimum absolute atomic E-state index is 0.148. The van der Waals surface area contributed by atoms with E-state index < -0.39 is 48.7 Å². The Morgan fingerprint density at radius 3 is 2.27 bits per heavy atom. The Kier molecular flexibility index (Phi) is 5.53. The second kappa shape index (κ2) is 7.85. The summed E-state index contributed by atoms with van der Waals surface area (Å²) in [7, 11) is 0. The van der Waals surface area contributed by atoms with Crippen LogP contribution in [0.3, 0.4) is 0 Å². The van der Waals surface area contributed by atoms with Gasteiger partial charge in [-0.1, -0.05) is 17.7 Å². The first kappa shape index (κ1) is 21.1. The average Bonchev–Trinajstić information content (AvgIpc) is 3.29. The average molecular weight is 453 g/mol. The molecule has 1 aromatic carbocycles. The van der Waals surface area contributed by atoms with Gasteiger partial charge >= 0.3 is 5.97 Å². The van der Waals surface area contributed by atoms with Crippen molar-refractivity contribution < 1.29 is 23.9 Å². The van der Waals surface area contributed by atoms with Gasteiger partial charge in [0.25, 0.3) is 5.91 Å². The number of nitrogens with zero attached hydrogens (tertiary/aromatic N) is 1. The quantitative estimate of drug-likeness (QED) is 0.420. The number of likely N-dealkylation sites (tertiary alicyclic amines) is 1. The van der Waals surface area contributed by atoms with Crippen molar-refractivity contribution in [3.8, 4) is 0 Å². The van der Waals surface area contributed by atoms with Gasteiger partial charge in [0.15, 0.2) is 6.61 Å². The van der Waals surface area contributed by atoms with E-state index in [4.69, 9.17) is 27.9 Å². The monoisotopic (exact) mass is 452 g/mol. The molecule has 30 heavy (non-hydrogen) atoms. The van der Waals surface area contributed by atoms with Crippen LogP contribution in [0.15, 0.2) is 18.2 Å². The molecular formula is C21H22Cl2N2O5. The fraction of sp³-hybridized carbons (Fsp3) is 0.524. The van der Waals surface area contributed by atoms with E-state index in [0.717, 1.165) is 16.0 Å². The molecule has 160 valence electrons. The number of halogens is 2. The summed E-state index contributed by atoms with van der Waals surface area (Å²) in [5.74, 6) is -3.44. The molecule has 0 spiro atoms. The molecule has 1 aromatic rings. The summed E-state index contributed by atoms with van der Waals surface area (Å²) < 4.78 is 4.98. The summed E-state index contributed by atoms with van der Waals surface area (Å²) in [5.41, 5.74) is 2.58. The van der Waals surface area contributed by atoms with E-state index in [-0.39, 0.29) is 22.6 Å². The van der Waals surface area contributed by atoms with Crippen molar-refractivity contribution in [2.24, 2.45) is 23.7 Å². The first-order valence-electron chi connectivity index (χ1n) is 9.85. The minimum Gasteiger partial charge on any atom is -0.454 e. The van der Waals surface area contributed by atoms with E-state index in [0.29, 0.717) is 12.1 Å². The van der Waals surface area contributed by atoms with Gasteiger partial charge in [0.1, 0.15) is 6.54 Å². The molecule has 1 N–H and O–H groups in total. The summed E-state index contributed by atoms with van der Waals surface area (Å²) in [6.45, 7) is 2.79. The number of anilines is 1. The number of fused-ring (bicyclic) bond motifs is 5. The maximum Gasteiger partial charge on any atom is 0.326 e. The van der Waals surface area contributed by atoms with E-state index in [2.05, 4.69) is 5.32 Å². The molecule has 3 fully saturated rings. The number of rotatable bonds is 5. The zero-order chi connectivity index (χ0) is 21.7. The number of esters is 1. The fourth-order valence-electron chi connectivity index (χ4n) is 5.03. The third-order valence-corrected chi connectivity index (χ3v) is 7.71. The SMILES string of the molecule is Cc1ccc(NC(=O)COC(=O)CN2C(=O)[C@@H]3[C@H]4C[C@@H]([C@H](Cl)[C@H]4Cl)[C@H]3C2=O)c(C)c1. The zero-order valence-corrected chi connectivity index (χ0v) is 18.1. The second-order valence-corrected chi connectivity index (χ2v) is 9.30. The largest absolute Gasteiger partial charge is 0.454 e. The topological polar surface area (TPSA) is 92.8 Å². The smallest absolute Gasteiger partial charge is 0.326 e. The van der Waals surface area contributed by atoms with E-state index in [1.807, 2.05) is 26.0 Å². The highest BCUT2D eigenvalue weighted by Crippen LogP contribution is 2.59. The number of hydrogen-bond donors (Lipinski definition) is 1. The van der Waals surface area contributed by atoms with Crippen molar-refractivity contribution in [3.05, 3.63) is 29.3 Å². The van der Waals surface area contributed by atoms with Crippen LogP contribution < -0.4 is 5.32 Å². The molecule has 4 rings (SSSR count). The molecule has 0 radical (unpaired) electrons. The van der Waals surface area contributed by atoms with Crippen molar-refractivity contribution >= 4 is 52.6 Å². The Balaban J connectivity index is 1.32. The van der Waals surface area contributed by atoms with Crippen LogP contribution in [0.1, 0.15) is 17.5 Å². The van der Waals surface area contributed by atoms with Crippen LogP contribution in [0.4, 0.5) is 5.69 Å². The Labute approximate surface area is 184 Å². The Bertz CT molecular complexity index is 904. The molecule has 3 aliphatic rings. The molecule has 2 bridgehead atoms. The molecule has 1 saturated heterocycles. The Morgan fingerprint density at radius 1 is 1.10 bits per heavy atom. The van der Waals surface area contributed by atoms with E-state index in [1.54, 1.807) is 6.07 Å². The second-order valence-electron chi connectivity index (χ2n) is 8.29. The van der Waals surface area contributed by atoms with Crippen LogP contribution in [0.5, 0.6) is 0 Å². The number of nitrogens with one attached hydrogen (secondary N) is 1. The summed E-state index contributed by atoms with van der Waals surface area (Å²) in [4.78, 5) is 50.7. The number of alkyl halides is 2. The minimum atomic E-state index is -0.815. The van der Waals surface area contributed by atoms with Crippen molar-refractivity contribution in [2.75, 3.05) is 18.5 Å². The highest BCUT2D eigenvalue weighted by molar-refractivity contribution is 6.31. The van der Waals surface area contributed by atoms with Crippen molar-refractivity contribution in [1.29, 1.82) is 0 Å². The van der Waals surface area contributed by atoms with Crippen molar-refractivity contribution in [2.45, 2.75) is 31.0 Å². The van der Waals surface area contributed by atoms with Crippen LogP contribution in [-0.4, -0.2) is 52.5 Å². The number of carbonyl (C=O) groups is 4. The molecule has 9 heteroatoms. The van der Waals surface area contributed by atoms with Crippen LogP contribution >= 0.6 is 23.2 Å². The van der Waals surface area contributed by atoms with Gasteiger partial charge in [0.2, 0.25) is 11.8 Å². The highest BCUT2D eigenvalue weighted by Gasteiger charge is 2.66. The molecule has 0 unspecified atom stereocenters. The molecule has 3 amide bonds. The van der Waals surface area contributed by atoms with Gasteiger partial charge in [0, 0.05) is 5.69 Å². The summed E-state index contributed by atoms with van der Waals surface area (Å²) in [5, 5.41) is 1.97. The molecule has 6 atom stereocenters. The molecule has 1 heterocycles. The van der Waals surface area contributed by atoms with Crippen LogP contribution in [-0.2, 0) is 23.9 Å². The van der Waals surface area contributed by atoms with Gasteiger partial charge in [-0.3, -0.25) is 24.1 Å². The molecule has 2 saturated carbocycles. The Morgan fingerprint density at radius 2 is 1.70 bits per heavy atom.